The highest BCUT2D eigenvalue weighted by Gasteiger charge is 2.34. The van der Waals surface area contributed by atoms with Gasteiger partial charge in [-0.3, -0.25) is 4.57 Å². The fourth-order valence-corrected chi connectivity index (χ4v) is 3.80. The van der Waals surface area contributed by atoms with Crippen molar-refractivity contribution in [2.24, 2.45) is 0 Å². The molecule has 19 heavy (non-hydrogen) atoms. The lowest BCUT2D eigenvalue weighted by Gasteiger charge is -2.24. The minimum absolute atomic E-state index is 0.149. The zero-order chi connectivity index (χ0) is 14.5. The first-order chi connectivity index (χ1) is 8.86. The van der Waals surface area contributed by atoms with E-state index in [0.717, 1.165) is 18.4 Å². The van der Waals surface area contributed by atoms with Crippen LogP contribution in [0.1, 0.15) is 51.3 Å². The van der Waals surface area contributed by atoms with Crippen LogP contribution in [-0.4, -0.2) is 16.1 Å². The number of unbranched alkanes of at least 4 members (excludes halogenated alkanes) is 1. The minimum Gasteiger partial charge on any atom is -0.508 e. The van der Waals surface area contributed by atoms with Gasteiger partial charge in [0, 0.05) is 0 Å². The van der Waals surface area contributed by atoms with Crippen molar-refractivity contribution in [3.05, 3.63) is 29.8 Å². The molecule has 0 amide bonds. The van der Waals surface area contributed by atoms with Gasteiger partial charge in [0.2, 0.25) is 0 Å². The van der Waals surface area contributed by atoms with Gasteiger partial charge in [-0.2, -0.15) is 0 Å². The van der Waals surface area contributed by atoms with E-state index in [1.165, 1.54) is 12.1 Å². The monoisotopic (exact) mass is 286 g/mol. The van der Waals surface area contributed by atoms with Gasteiger partial charge in [-0.15, -0.1) is 0 Å². The predicted octanol–water partition coefficient (Wildman–Crippen LogP) is 4.23. The van der Waals surface area contributed by atoms with Crippen LogP contribution in [-0.2, 0) is 9.09 Å². The summed E-state index contributed by atoms with van der Waals surface area (Å²) in [6, 6.07) is 6.43. The van der Waals surface area contributed by atoms with Crippen molar-refractivity contribution in [2.45, 2.75) is 51.8 Å². The standard InChI is InChI=1S/C14H23O4P/c1-4-5-6-14(19(16,17)18-11(2)3)12-7-9-13(15)10-8-12/h7-11,14-15H,4-6H2,1-3H3,(H,16,17). The van der Waals surface area contributed by atoms with Crippen LogP contribution in [0.2, 0.25) is 0 Å². The number of benzene rings is 1. The van der Waals surface area contributed by atoms with Crippen LogP contribution in [0, 0.1) is 0 Å². The molecule has 4 nitrogen and oxygen atoms in total. The lowest BCUT2D eigenvalue weighted by molar-refractivity contribution is 0.197. The first-order valence-electron chi connectivity index (χ1n) is 6.66. The van der Waals surface area contributed by atoms with Gasteiger partial charge in [0.1, 0.15) is 5.75 Å². The predicted molar refractivity (Wildman–Crippen MR) is 76.4 cm³/mol. The van der Waals surface area contributed by atoms with Crippen LogP contribution >= 0.6 is 7.60 Å². The van der Waals surface area contributed by atoms with Crippen molar-refractivity contribution >= 4 is 7.60 Å². The molecular weight excluding hydrogens is 263 g/mol. The first-order valence-corrected chi connectivity index (χ1v) is 8.31. The van der Waals surface area contributed by atoms with E-state index in [4.69, 9.17) is 4.52 Å². The van der Waals surface area contributed by atoms with Crippen LogP contribution in [0.5, 0.6) is 5.75 Å². The molecule has 0 aromatic heterocycles. The third-order valence-corrected chi connectivity index (χ3v) is 4.93. The Balaban J connectivity index is 2.99. The fraction of sp³-hybridized carbons (Fsp3) is 0.571. The van der Waals surface area contributed by atoms with Crippen LogP contribution < -0.4 is 0 Å². The Labute approximate surface area is 115 Å². The van der Waals surface area contributed by atoms with E-state index in [1.807, 2.05) is 6.92 Å². The van der Waals surface area contributed by atoms with E-state index in [2.05, 4.69) is 0 Å². The molecule has 1 aromatic carbocycles. The minimum atomic E-state index is -3.71. The smallest absolute Gasteiger partial charge is 0.335 e. The van der Waals surface area contributed by atoms with Gasteiger partial charge in [0.15, 0.2) is 0 Å². The van der Waals surface area contributed by atoms with Gasteiger partial charge in [-0.25, -0.2) is 0 Å². The molecular formula is C14H23O4P. The molecule has 0 bridgehead atoms. The molecule has 0 heterocycles. The average Bonchev–Trinajstić information content (AvgIpc) is 2.30. The summed E-state index contributed by atoms with van der Waals surface area (Å²) in [4.78, 5) is 10.2. The molecule has 1 rings (SSSR count). The molecule has 0 radical (unpaired) electrons. The lowest BCUT2D eigenvalue weighted by atomic mass is 10.1. The SMILES string of the molecule is CCCCC(c1ccc(O)cc1)P(=O)(O)OC(C)C. The van der Waals surface area contributed by atoms with Crippen molar-refractivity contribution in [2.75, 3.05) is 0 Å². The Bertz CT molecular complexity index is 428. The number of hydrogen-bond acceptors (Lipinski definition) is 3. The highest BCUT2D eigenvalue weighted by atomic mass is 31.2. The molecule has 0 aliphatic carbocycles. The van der Waals surface area contributed by atoms with E-state index in [1.54, 1.807) is 26.0 Å². The molecule has 0 spiro atoms. The van der Waals surface area contributed by atoms with Crippen molar-refractivity contribution in [3.8, 4) is 5.75 Å². The molecule has 2 unspecified atom stereocenters. The molecule has 0 aliphatic rings. The summed E-state index contributed by atoms with van der Waals surface area (Å²) in [5.41, 5.74) is 0.202. The Morgan fingerprint density at radius 3 is 2.32 bits per heavy atom. The van der Waals surface area contributed by atoms with Crippen LogP contribution in [0.25, 0.3) is 0 Å². The molecule has 0 saturated carbocycles. The molecule has 0 fully saturated rings. The second-order valence-electron chi connectivity index (χ2n) is 4.97. The second kappa shape index (κ2) is 7.09. The van der Waals surface area contributed by atoms with E-state index in [0.29, 0.717) is 6.42 Å². The molecule has 2 atom stereocenters. The molecule has 108 valence electrons. The van der Waals surface area contributed by atoms with Gasteiger partial charge in [0.25, 0.3) is 0 Å². The van der Waals surface area contributed by atoms with Crippen LogP contribution in [0.15, 0.2) is 24.3 Å². The summed E-state index contributed by atoms with van der Waals surface area (Å²) in [6.45, 7) is 5.53. The van der Waals surface area contributed by atoms with E-state index < -0.39 is 13.3 Å². The Morgan fingerprint density at radius 2 is 1.84 bits per heavy atom. The zero-order valence-corrected chi connectivity index (χ0v) is 12.6. The lowest BCUT2D eigenvalue weighted by Crippen LogP contribution is -2.08. The molecule has 1 aromatic rings. The summed E-state index contributed by atoms with van der Waals surface area (Å²) in [5.74, 6) is 0.149. The quantitative estimate of drug-likeness (QED) is 0.736. The maximum atomic E-state index is 12.4. The van der Waals surface area contributed by atoms with Crippen LogP contribution in [0.4, 0.5) is 0 Å². The largest absolute Gasteiger partial charge is 0.508 e. The molecule has 5 heteroatoms. The number of hydrogen-bond donors (Lipinski definition) is 2. The highest BCUT2D eigenvalue weighted by Crippen LogP contribution is 2.59. The highest BCUT2D eigenvalue weighted by molar-refractivity contribution is 7.53. The van der Waals surface area contributed by atoms with E-state index in [9.17, 15) is 14.6 Å². The van der Waals surface area contributed by atoms with Crippen LogP contribution in [0.3, 0.4) is 0 Å². The topological polar surface area (TPSA) is 66.8 Å². The van der Waals surface area contributed by atoms with E-state index in [-0.39, 0.29) is 11.9 Å². The van der Waals surface area contributed by atoms with Crippen molar-refractivity contribution in [3.63, 3.8) is 0 Å². The third kappa shape index (κ3) is 4.98. The van der Waals surface area contributed by atoms with Gasteiger partial charge in [-0.05, 0) is 38.0 Å². The third-order valence-electron chi connectivity index (χ3n) is 2.86. The average molecular weight is 286 g/mol. The van der Waals surface area contributed by atoms with Gasteiger partial charge >= 0.3 is 7.60 Å². The Morgan fingerprint density at radius 1 is 1.26 bits per heavy atom. The Hall–Kier alpha value is -0.830. The first kappa shape index (κ1) is 16.2. The van der Waals surface area contributed by atoms with Gasteiger partial charge in [0.05, 0.1) is 11.8 Å². The fourth-order valence-electron chi connectivity index (χ4n) is 1.99. The number of rotatable bonds is 7. The maximum absolute atomic E-state index is 12.4. The van der Waals surface area contributed by atoms with E-state index >= 15 is 0 Å². The molecule has 0 aliphatic heterocycles. The number of phenolic OH excluding ortho intramolecular Hbond substituents is 1. The summed E-state index contributed by atoms with van der Waals surface area (Å²) < 4.78 is 17.6. The van der Waals surface area contributed by atoms with Gasteiger partial charge in [-0.1, -0.05) is 31.9 Å². The summed E-state index contributed by atoms with van der Waals surface area (Å²) in [5, 5.41) is 9.30. The van der Waals surface area contributed by atoms with Crippen molar-refractivity contribution in [1.82, 2.24) is 0 Å². The molecule has 0 saturated heterocycles. The maximum Gasteiger partial charge on any atom is 0.335 e. The summed E-state index contributed by atoms with van der Waals surface area (Å²) >= 11 is 0. The van der Waals surface area contributed by atoms with Crippen molar-refractivity contribution in [1.29, 1.82) is 0 Å². The zero-order valence-electron chi connectivity index (χ0n) is 11.7. The normalized spacial score (nSPS) is 16.3. The number of phenols is 1. The number of aromatic hydroxyl groups is 1. The second-order valence-corrected chi connectivity index (χ2v) is 6.93. The van der Waals surface area contributed by atoms with Crippen molar-refractivity contribution < 1.29 is 19.1 Å². The Kier molecular flexibility index (Phi) is 6.05. The van der Waals surface area contributed by atoms with Gasteiger partial charge < -0.3 is 14.5 Å². The molecule has 2 N–H and O–H groups in total. The summed E-state index contributed by atoms with van der Waals surface area (Å²) in [7, 11) is -3.71. The summed E-state index contributed by atoms with van der Waals surface area (Å²) in [6.07, 6.45) is 2.12.